The summed E-state index contributed by atoms with van der Waals surface area (Å²) in [5.74, 6) is 0. The SMILES string of the molecule is CCc1ccccc1-c1ccc(C2(c3ccccc3)c3ccccc3-c3ccccc32)cc1C. The maximum Gasteiger partial charge on any atom is 0.0713 e. The average molecular weight is 437 g/mol. The van der Waals surface area contributed by atoms with E-state index in [1.807, 2.05) is 0 Å². The van der Waals surface area contributed by atoms with Gasteiger partial charge in [0.25, 0.3) is 0 Å². The van der Waals surface area contributed by atoms with E-state index in [4.69, 9.17) is 0 Å². The summed E-state index contributed by atoms with van der Waals surface area (Å²) >= 11 is 0. The minimum atomic E-state index is -0.331. The normalized spacial score (nSPS) is 13.4. The molecule has 0 amide bonds. The fourth-order valence-electron chi connectivity index (χ4n) is 6.00. The molecule has 0 aromatic heterocycles. The van der Waals surface area contributed by atoms with Crippen molar-refractivity contribution in [1.82, 2.24) is 0 Å². The number of fused-ring (bicyclic) bond motifs is 3. The first-order valence-electron chi connectivity index (χ1n) is 12.2. The lowest BCUT2D eigenvalue weighted by Crippen LogP contribution is -2.28. The summed E-state index contributed by atoms with van der Waals surface area (Å²) in [6, 6.07) is 44.8. The highest BCUT2D eigenvalue weighted by molar-refractivity contribution is 5.86. The highest BCUT2D eigenvalue weighted by Gasteiger charge is 2.45. The molecule has 164 valence electrons. The zero-order valence-electron chi connectivity index (χ0n) is 19.8. The van der Waals surface area contributed by atoms with Crippen LogP contribution in [-0.2, 0) is 11.8 Å². The van der Waals surface area contributed by atoms with Crippen LogP contribution in [-0.4, -0.2) is 0 Å². The zero-order chi connectivity index (χ0) is 23.1. The highest BCUT2D eigenvalue weighted by atomic mass is 14.5. The van der Waals surface area contributed by atoms with Crippen molar-refractivity contribution in [2.24, 2.45) is 0 Å². The maximum atomic E-state index is 2.42. The molecule has 0 heteroatoms. The monoisotopic (exact) mass is 436 g/mol. The van der Waals surface area contributed by atoms with Crippen molar-refractivity contribution in [3.63, 3.8) is 0 Å². The van der Waals surface area contributed by atoms with Crippen LogP contribution in [0.5, 0.6) is 0 Å². The Labute approximate surface area is 202 Å². The molecule has 0 N–H and O–H groups in total. The van der Waals surface area contributed by atoms with Gasteiger partial charge in [-0.05, 0) is 69.0 Å². The van der Waals surface area contributed by atoms with Crippen LogP contribution >= 0.6 is 0 Å². The predicted octanol–water partition coefficient (Wildman–Crippen LogP) is 8.59. The average Bonchev–Trinajstić information content (AvgIpc) is 3.20. The van der Waals surface area contributed by atoms with Crippen LogP contribution in [0.1, 0.15) is 40.3 Å². The Morgan fingerprint density at radius 3 is 1.68 bits per heavy atom. The quantitative estimate of drug-likeness (QED) is 0.259. The molecule has 0 saturated heterocycles. The first kappa shape index (κ1) is 20.7. The Bertz CT molecular complexity index is 1440. The summed E-state index contributed by atoms with van der Waals surface area (Å²) in [6.45, 7) is 4.50. The number of hydrogen-bond acceptors (Lipinski definition) is 0. The van der Waals surface area contributed by atoms with E-state index in [-0.39, 0.29) is 5.41 Å². The Morgan fingerprint density at radius 1 is 0.500 bits per heavy atom. The molecule has 5 aromatic carbocycles. The zero-order valence-corrected chi connectivity index (χ0v) is 19.8. The van der Waals surface area contributed by atoms with Crippen molar-refractivity contribution in [2.45, 2.75) is 25.7 Å². The van der Waals surface area contributed by atoms with Crippen LogP contribution in [0, 0.1) is 6.92 Å². The number of hydrogen-bond donors (Lipinski definition) is 0. The van der Waals surface area contributed by atoms with Crippen LogP contribution in [0.2, 0.25) is 0 Å². The summed E-state index contributed by atoms with van der Waals surface area (Å²) in [7, 11) is 0. The van der Waals surface area contributed by atoms with E-state index < -0.39 is 0 Å². The minimum Gasteiger partial charge on any atom is -0.0622 e. The molecule has 34 heavy (non-hydrogen) atoms. The van der Waals surface area contributed by atoms with Gasteiger partial charge in [0.2, 0.25) is 0 Å². The van der Waals surface area contributed by atoms with Crippen LogP contribution in [0.4, 0.5) is 0 Å². The standard InChI is InChI=1S/C34H28/c1-3-25-13-7-8-16-29(25)28-22-21-27(23-24(28)2)34(26-14-5-4-6-15-26)32-19-11-9-17-30(32)31-18-10-12-20-33(31)34/h4-23H,3H2,1-2H3. The third-order valence-corrected chi connectivity index (χ3v) is 7.51. The van der Waals surface area contributed by atoms with Gasteiger partial charge in [-0.3, -0.25) is 0 Å². The third-order valence-electron chi connectivity index (χ3n) is 7.51. The molecule has 0 aliphatic heterocycles. The topological polar surface area (TPSA) is 0 Å². The lowest BCUT2D eigenvalue weighted by Gasteiger charge is -2.34. The summed E-state index contributed by atoms with van der Waals surface area (Å²) in [5.41, 5.74) is 13.1. The molecule has 0 radical (unpaired) electrons. The van der Waals surface area contributed by atoms with Gasteiger partial charge in [0, 0.05) is 0 Å². The Kier molecular flexibility index (Phi) is 4.96. The van der Waals surface area contributed by atoms with E-state index in [1.165, 1.54) is 55.6 Å². The van der Waals surface area contributed by atoms with Crippen molar-refractivity contribution in [2.75, 3.05) is 0 Å². The van der Waals surface area contributed by atoms with E-state index in [0.29, 0.717) is 0 Å². The van der Waals surface area contributed by atoms with Gasteiger partial charge < -0.3 is 0 Å². The summed E-state index contributed by atoms with van der Waals surface area (Å²) in [4.78, 5) is 0. The Morgan fingerprint density at radius 2 is 1.06 bits per heavy atom. The van der Waals surface area contributed by atoms with E-state index in [9.17, 15) is 0 Å². The van der Waals surface area contributed by atoms with Gasteiger partial charge in [0.05, 0.1) is 5.41 Å². The largest absolute Gasteiger partial charge is 0.0713 e. The molecule has 0 atom stereocenters. The van der Waals surface area contributed by atoms with E-state index in [0.717, 1.165) is 6.42 Å². The summed E-state index contributed by atoms with van der Waals surface area (Å²) < 4.78 is 0. The molecule has 6 rings (SSSR count). The van der Waals surface area contributed by atoms with Crippen molar-refractivity contribution in [1.29, 1.82) is 0 Å². The molecule has 0 fully saturated rings. The Balaban J connectivity index is 1.66. The fraction of sp³-hybridized carbons (Fsp3) is 0.118. The number of rotatable bonds is 4. The Hall–Kier alpha value is -3.90. The first-order valence-corrected chi connectivity index (χ1v) is 12.2. The van der Waals surface area contributed by atoms with Crippen LogP contribution in [0.3, 0.4) is 0 Å². The molecule has 1 aliphatic carbocycles. The molecule has 0 unspecified atom stereocenters. The molecule has 0 bridgehead atoms. The lowest BCUT2D eigenvalue weighted by molar-refractivity contribution is 0.767. The smallest absolute Gasteiger partial charge is 0.0622 e. The molecular weight excluding hydrogens is 408 g/mol. The number of benzene rings is 5. The van der Waals surface area contributed by atoms with Crippen molar-refractivity contribution >= 4 is 0 Å². The molecule has 0 saturated carbocycles. The molecular formula is C34H28. The second kappa shape index (κ2) is 8.15. The van der Waals surface area contributed by atoms with Crippen LogP contribution in [0.25, 0.3) is 22.3 Å². The van der Waals surface area contributed by atoms with Gasteiger partial charge in [-0.2, -0.15) is 0 Å². The second-order valence-corrected chi connectivity index (χ2v) is 9.25. The van der Waals surface area contributed by atoms with Gasteiger partial charge in [-0.15, -0.1) is 0 Å². The van der Waals surface area contributed by atoms with Crippen molar-refractivity contribution in [3.05, 3.63) is 155 Å². The van der Waals surface area contributed by atoms with Gasteiger partial charge in [0.15, 0.2) is 0 Å². The van der Waals surface area contributed by atoms with E-state index >= 15 is 0 Å². The second-order valence-electron chi connectivity index (χ2n) is 9.25. The third kappa shape index (κ3) is 2.92. The van der Waals surface area contributed by atoms with Gasteiger partial charge >= 0.3 is 0 Å². The molecule has 0 nitrogen and oxygen atoms in total. The predicted molar refractivity (Wildman–Crippen MR) is 143 cm³/mol. The van der Waals surface area contributed by atoms with Crippen LogP contribution < -0.4 is 0 Å². The van der Waals surface area contributed by atoms with Crippen molar-refractivity contribution < 1.29 is 0 Å². The molecule has 1 aliphatic rings. The van der Waals surface area contributed by atoms with Gasteiger partial charge in [0.1, 0.15) is 0 Å². The van der Waals surface area contributed by atoms with E-state index in [2.05, 4.69) is 135 Å². The van der Waals surface area contributed by atoms with Gasteiger partial charge in [-0.25, -0.2) is 0 Å². The van der Waals surface area contributed by atoms with Crippen molar-refractivity contribution in [3.8, 4) is 22.3 Å². The summed E-state index contributed by atoms with van der Waals surface area (Å²) in [6.07, 6.45) is 1.03. The lowest BCUT2D eigenvalue weighted by atomic mass is 9.67. The van der Waals surface area contributed by atoms with Crippen LogP contribution in [0.15, 0.2) is 121 Å². The fourth-order valence-corrected chi connectivity index (χ4v) is 6.00. The summed E-state index contributed by atoms with van der Waals surface area (Å²) in [5, 5.41) is 0. The molecule has 0 heterocycles. The number of aryl methyl sites for hydroxylation is 2. The first-order chi connectivity index (χ1) is 16.7. The van der Waals surface area contributed by atoms with E-state index in [1.54, 1.807) is 0 Å². The minimum absolute atomic E-state index is 0.331. The van der Waals surface area contributed by atoms with Gasteiger partial charge in [-0.1, -0.05) is 128 Å². The maximum absolute atomic E-state index is 2.42. The molecule has 5 aromatic rings. The highest BCUT2D eigenvalue weighted by Crippen LogP contribution is 2.56. The molecule has 0 spiro atoms.